The van der Waals surface area contributed by atoms with Gasteiger partial charge in [0.15, 0.2) is 12.0 Å². The molecule has 0 fully saturated rings. The van der Waals surface area contributed by atoms with E-state index in [1.807, 2.05) is 43.3 Å². The van der Waals surface area contributed by atoms with Crippen LogP contribution in [0.15, 0.2) is 77.6 Å². The van der Waals surface area contributed by atoms with E-state index >= 15 is 0 Å². The van der Waals surface area contributed by atoms with Gasteiger partial charge in [0.05, 0.1) is 11.0 Å². The number of para-hydroxylation sites is 2. The van der Waals surface area contributed by atoms with Crippen LogP contribution in [-0.2, 0) is 27.4 Å². The van der Waals surface area contributed by atoms with Gasteiger partial charge in [0.2, 0.25) is 0 Å². The van der Waals surface area contributed by atoms with Crippen LogP contribution in [0.3, 0.4) is 0 Å². The second-order valence-corrected chi connectivity index (χ2v) is 7.31. The van der Waals surface area contributed by atoms with Crippen LogP contribution in [0.1, 0.15) is 11.1 Å². The van der Waals surface area contributed by atoms with Crippen LogP contribution in [0.2, 0.25) is 0 Å². The molecule has 6 heteroatoms. The molecule has 4 aromatic rings. The lowest BCUT2D eigenvalue weighted by Crippen LogP contribution is -2.29. The molecule has 0 unspecified atom stereocenters. The number of pyridine rings is 1. The van der Waals surface area contributed by atoms with Crippen LogP contribution in [0.25, 0.3) is 21.8 Å². The van der Waals surface area contributed by atoms with Crippen LogP contribution >= 0.6 is 0 Å². The molecule has 0 aliphatic heterocycles. The molecule has 0 aliphatic carbocycles. The summed E-state index contributed by atoms with van der Waals surface area (Å²) < 4.78 is 6.95. The Morgan fingerprint density at radius 1 is 0.871 bits per heavy atom. The summed E-state index contributed by atoms with van der Waals surface area (Å²) in [6.45, 7) is 1.88. The molecule has 3 aromatic carbocycles. The zero-order valence-electron chi connectivity index (χ0n) is 17.1. The van der Waals surface area contributed by atoms with Crippen molar-refractivity contribution >= 4 is 33.7 Å². The molecule has 1 heterocycles. The summed E-state index contributed by atoms with van der Waals surface area (Å²) >= 11 is 0. The SMILES string of the molecule is Cc1ccccc1CNC(=O)COC(=O)Cn1c2ccccc2c(=O)c2ccccc21. The number of aromatic nitrogens is 1. The molecule has 31 heavy (non-hydrogen) atoms. The van der Waals surface area contributed by atoms with Gasteiger partial charge in [-0.1, -0.05) is 48.5 Å². The second-order valence-electron chi connectivity index (χ2n) is 7.31. The molecule has 0 bridgehead atoms. The van der Waals surface area contributed by atoms with Gasteiger partial charge in [0.1, 0.15) is 6.54 Å². The number of aryl methyl sites for hydroxylation is 1. The molecule has 156 valence electrons. The third-order valence-corrected chi connectivity index (χ3v) is 5.27. The number of amides is 1. The van der Waals surface area contributed by atoms with E-state index in [0.717, 1.165) is 11.1 Å². The van der Waals surface area contributed by atoms with Gasteiger partial charge in [0.25, 0.3) is 5.91 Å². The van der Waals surface area contributed by atoms with Crippen molar-refractivity contribution in [3.8, 4) is 0 Å². The Morgan fingerprint density at radius 3 is 2.10 bits per heavy atom. The Balaban J connectivity index is 1.47. The third kappa shape index (κ3) is 4.33. The number of benzene rings is 3. The summed E-state index contributed by atoms with van der Waals surface area (Å²) in [5.74, 6) is -0.920. The molecular weight excluding hydrogens is 392 g/mol. The first-order chi connectivity index (χ1) is 15.0. The summed E-state index contributed by atoms with van der Waals surface area (Å²) in [6.07, 6.45) is 0. The maximum atomic E-state index is 12.8. The van der Waals surface area contributed by atoms with Gasteiger partial charge < -0.3 is 14.6 Å². The number of rotatable bonds is 6. The fourth-order valence-electron chi connectivity index (χ4n) is 3.62. The Labute approximate surface area is 179 Å². The van der Waals surface area contributed by atoms with E-state index in [0.29, 0.717) is 28.4 Å². The molecule has 4 rings (SSSR count). The maximum absolute atomic E-state index is 12.8. The van der Waals surface area contributed by atoms with Crippen LogP contribution < -0.4 is 10.7 Å². The zero-order chi connectivity index (χ0) is 21.8. The van der Waals surface area contributed by atoms with Crippen LogP contribution in [0, 0.1) is 6.92 Å². The van der Waals surface area contributed by atoms with E-state index < -0.39 is 5.97 Å². The van der Waals surface area contributed by atoms with E-state index in [2.05, 4.69) is 5.32 Å². The van der Waals surface area contributed by atoms with E-state index in [4.69, 9.17) is 4.74 Å². The highest BCUT2D eigenvalue weighted by molar-refractivity contribution is 5.94. The minimum atomic E-state index is -0.551. The largest absolute Gasteiger partial charge is 0.454 e. The maximum Gasteiger partial charge on any atom is 0.326 e. The van der Waals surface area contributed by atoms with Crippen LogP contribution in [0.4, 0.5) is 0 Å². The molecule has 0 spiro atoms. The van der Waals surface area contributed by atoms with Crippen LogP contribution in [0.5, 0.6) is 0 Å². The minimum Gasteiger partial charge on any atom is -0.454 e. The minimum absolute atomic E-state index is 0.0774. The van der Waals surface area contributed by atoms with Crippen molar-refractivity contribution in [2.75, 3.05) is 6.61 Å². The number of esters is 1. The smallest absolute Gasteiger partial charge is 0.326 e. The highest BCUT2D eigenvalue weighted by Gasteiger charge is 2.14. The number of hydrogen-bond acceptors (Lipinski definition) is 4. The Bertz CT molecular complexity index is 1280. The molecule has 0 atom stereocenters. The van der Waals surface area contributed by atoms with E-state index in [1.54, 1.807) is 41.0 Å². The normalized spacial score (nSPS) is 10.9. The first-order valence-electron chi connectivity index (χ1n) is 10.0. The molecule has 0 aliphatic rings. The van der Waals surface area contributed by atoms with Crippen molar-refractivity contribution in [3.05, 3.63) is 94.1 Å². The molecule has 0 radical (unpaired) electrons. The quantitative estimate of drug-likeness (QED) is 0.388. The molecule has 0 saturated heterocycles. The van der Waals surface area contributed by atoms with Crippen molar-refractivity contribution < 1.29 is 14.3 Å². The van der Waals surface area contributed by atoms with Gasteiger partial charge in [-0.05, 0) is 42.3 Å². The summed E-state index contributed by atoms with van der Waals surface area (Å²) in [6, 6.07) is 22.1. The lowest BCUT2D eigenvalue weighted by molar-refractivity contribution is -0.149. The van der Waals surface area contributed by atoms with Crippen molar-refractivity contribution in [2.45, 2.75) is 20.0 Å². The van der Waals surface area contributed by atoms with Gasteiger partial charge >= 0.3 is 5.97 Å². The van der Waals surface area contributed by atoms with E-state index in [1.165, 1.54) is 0 Å². The van der Waals surface area contributed by atoms with Gasteiger partial charge in [-0.25, -0.2) is 0 Å². The van der Waals surface area contributed by atoms with Gasteiger partial charge in [-0.2, -0.15) is 0 Å². The highest BCUT2D eigenvalue weighted by atomic mass is 16.5. The fraction of sp³-hybridized carbons (Fsp3) is 0.160. The number of nitrogens with zero attached hydrogens (tertiary/aromatic N) is 1. The summed E-state index contributed by atoms with van der Waals surface area (Å²) in [5, 5.41) is 3.83. The van der Waals surface area contributed by atoms with Gasteiger partial charge in [-0.15, -0.1) is 0 Å². The molecule has 0 saturated carbocycles. The van der Waals surface area contributed by atoms with Crippen molar-refractivity contribution in [1.29, 1.82) is 0 Å². The molecule has 6 nitrogen and oxygen atoms in total. The standard InChI is InChI=1S/C25H22N2O4/c1-17-8-2-3-9-18(17)14-26-23(28)16-31-24(29)15-27-21-12-6-4-10-19(21)25(30)20-11-5-7-13-22(20)27/h2-13H,14-16H2,1H3,(H,26,28). The van der Waals surface area contributed by atoms with Crippen LogP contribution in [-0.4, -0.2) is 23.1 Å². The lowest BCUT2D eigenvalue weighted by Gasteiger charge is -2.14. The lowest BCUT2D eigenvalue weighted by atomic mass is 10.1. The summed E-state index contributed by atoms with van der Waals surface area (Å²) in [5.41, 5.74) is 3.30. The van der Waals surface area contributed by atoms with Crippen molar-refractivity contribution in [3.63, 3.8) is 0 Å². The zero-order valence-corrected chi connectivity index (χ0v) is 17.1. The highest BCUT2D eigenvalue weighted by Crippen LogP contribution is 2.19. The molecule has 1 amide bonds. The van der Waals surface area contributed by atoms with Crippen molar-refractivity contribution in [1.82, 2.24) is 9.88 Å². The van der Waals surface area contributed by atoms with Gasteiger partial charge in [0, 0.05) is 17.3 Å². The van der Waals surface area contributed by atoms with Gasteiger partial charge in [-0.3, -0.25) is 14.4 Å². The second kappa shape index (κ2) is 8.83. The predicted molar refractivity (Wildman–Crippen MR) is 120 cm³/mol. The number of carbonyl (C=O) groups excluding carboxylic acids is 2. The Hall–Kier alpha value is -3.93. The summed E-state index contributed by atoms with van der Waals surface area (Å²) in [7, 11) is 0. The summed E-state index contributed by atoms with van der Waals surface area (Å²) in [4.78, 5) is 37.4. The number of ether oxygens (including phenoxy) is 1. The van der Waals surface area contributed by atoms with E-state index in [-0.39, 0.29) is 24.5 Å². The fourth-order valence-corrected chi connectivity index (χ4v) is 3.62. The number of carbonyl (C=O) groups is 2. The Morgan fingerprint density at radius 2 is 1.45 bits per heavy atom. The number of fused-ring (bicyclic) bond motifs is 2. The number of nitrogens with one attached hydrogen (secondary N) is 1. The molecule has 1 aromatic heterocycles. The Kier molecular flexibility index (Phi) is 5.80. The molecular formula is C25H22N2O4. The first kappa shape index (κ1) is 20.3. The average Bonchev–Trinajstić information content (AvgIpc) is 2.80. The first-order valence-corrected chi connectivity index (χ1v) is 10.0. The molecule has 1 N–H and O–H groups in total. The average molecular weight is 414 g/mol. The monoisotopic (exact) mass is 414 g/mol. The topological polar surface area (TPSA) is 77.4 Å². The third-order valence-electron chi connectivity index (χ3n) is 5.27. The van der Waals surface area contributed by atoms with E-state index in [9.17, 15) is 14.4 Å². The predicted octanol–water partition coefficient (Wildman–Crippen LogP) is 3.32. The number of hydrogen-bond donors (Lipinski definition) is 1. The van der Waals surface area contributed by atoms with Crippen molar-refractivity contribution in [2.24, 2.45) is 0 Å².